The Kier molecular flexibility index (Phi) is 3.55. The standard InChI is InChI=1S/C11H15NO3/c1-7-4-9(12)8(6-11(13)15-3)10(5-7)14-2/h4-5H,6,12H2,1-3H3. The predicted octanol–water partition coefficient (Wildman–Crippen LogP) is 1.30. The van der Waals surface area contributed by atoms with E-state index in [1.807, 2.05) is 13.0 Å². The van der Waals surface area contributed by atoms with Gasteiger partial charge < -0.3 is 15.2 Å². The molecule has 82 valence electrons. The van der Waals surface area contributed by atoms with Gasteiger partial charge in [-0.3, -0.25) is 4.79 Å². The molecule has 1 aromatic rings. The van der Waals surface area contributed by atoms with Gasteiger partial charge in [0.25, 0.3) is 0 Å². The molecule has 15 heavy (non-hydrogen) atoms. The number of hydrogen-bond acceptors (Lipinski definition) is 4. The molecule has 0 bridgehead atoms. The van der Waals surface area contributed by atoms with Crippen molar-refractivity contribution >= 4 is 11.7 Å². The molecule has 0 radical (unpaired) electrons. The van der Waals surface area contributed by atoms with Crippen LogP contribution in [0.15, 0.2) is 12.1 Å². The third kappa shape index (κ3) is 2.62. The zero-order valence-electron chi connectivity index (χ0n) is 9.16. The normalized spacial score (nSPS) is 9.80. The van der Waals surface area contributed by atoms with E-state index in [1.165, 1.54) is 7.11 Å². The summed E-state index contributed by atoms with van der Waals surface area (Å²) in [5.41, 5.74) is 8.04. The number of anilines is 1. The number of aryl methyl sites for hydroxylation is 1. The minimum absolute atomic E-state index is 0.131. The molecule has 4 nitrogen and oxygen atoms in total. The Labute approximate surface area is 89.0 Å². The first-order valence-electron chi connectivity index (χ1n) is 4.58. The van der Waals surface area contributed by atoms with Crippen molar-refractivity contribution < 1.29 is 14.3 Å². The van der Waals surface area contributed by atoms with E-state index in [9.17, 15) is 4.79 Å². The molecule has 0 aromatic heterocycles. The van der Waals surface area contributed by atoms with Gasteiger partial charge in [-0.15, -0.1) is 0 Å². The monoisotopic (exact) mass is 209 g/mol. The van der Waals surface area contributed by atoms with E-state index in [2.05, 4.69) is 4.74 Å². The van der Waals surface area contributed by atoms with Crippen LogP contribution in [0.25, 0.3) is 0 Å². The van der Waals surface area contributed by atoms with Crippen molar-refractivity contribution in [3.8, 4) is 5.75 Å². The summed E-state index contributed by atoms with van der Waals surface area (Å²) >= 11 is 0. The van der Waals surface area contributed by atoms with Gasteiger partial charge in [0, 0.05) is 11.3 Å². The Balaban J connectivity index is 3.09. The van der Waals surface area contributed by atoms with Gasteiger partial charge in [0.1, 0.15) is 5.75 Å². The number of ether oxygens (including phenoxy) is 2. The molecule has 0 spiro atoms. The third-order valence-corrected chi connectivity index (χ3v) is 2.16. The van der Waals surface area contributed by atoms with E-state index in [0.29, 0.717) is 17.0 Å². The summed E-state index contributed by atoms with van der Waals surface area (Å²) in [4.78, 5) is 11.2. The number of nitrogens with two attached hydrogens (primary N) is 1. The van der Waals surface area contributed by atoms with E-state index in [1.54, 1.807) is 13.2 Å². The highest BCUT2D eigenvalue weighted by molar-refractivity contribution is 5.76. The molecule has 1 rings (SSSR count). The minimum atomic E-state index is -0.330. The molecule has 0 aliphatic heterocycles. The summed E-state index contributed by atoms with van der Waals surface area (Å²) in [6.07, 6.45) is 0.131. The lowest BCUT2D eigenvalue weighted by atomic mass is 10.1. The molecule has 1 aromatic carbocycles. The lowest BCUT2D eigenvalue weighted by molar-refractivity contribution is -0.139. The number of methoxy groups -OCH3 is 2. The third-order valence-electron chi connectivity index (χ3n) is 2.16. The topological polar surface area (TPSA) is 61.5 Å². The van der Waals surface area contributed by atoms with Gasteiger partial charge in [0.2, 0.25) is 0 Å². The number of esters is 1. The summed E-state index contributed by atoms with van der Waals surface area (Å²) in [5.74, 6) is 0.293. The quantitative estimate of drug-likeness (QED) is 0.602. The van der Waals surface area contributed by atoms with Crippen molar-refractivity contribution in [2.45, 2.75) is 13.3 Å². The molecule has 0 saturated carbocycles. The average Bonchev–Trinajstić information content (AvgIpc) is 2.21. The van der Waals surface area contributed by atoms with Crippen LogP contribution < -0.4 is 10.5 Å². The van der Waals surface area contributed by atoms with Crippen LogP contribution in [0.4, 0.5) is 5.69 Å². The molecule has 2 N–H and O–H groups in total. The molecule has 0 fully saturated rings. The average molecular weight is 209 g/mol. The van der Waals surface area contributed by atoms with E-state index >= 15 is 0 Å². The molecule has 0 aliphatic carbocycles. The Bertz CT molecular complexity index is 374. The van der Waals surface area contributed by atoms with Gasteiger partial charge in [-0.05, 0) is 24.6 Å². The van der Waals surface area contributed by atoms with Crippen LogP contribution in [0.2, 0.25) is 0 Å². The van der Waals surface area contributed by atoms with Crippen molar-refractivity contribution in [3.05, 3.63) is 23.3 Å². The SMILES string of the molecule is COC(=O)Cc1c(N)cc(C)cc1OC. The largest absolute Gasteiger partial charge is 0.496 e. The number of hydrogen-bond donors (Lipinski definition) is 1. The van der Waals surface area contributed by atoms with Crippen molar-refractivity contribution in [2.75, 3.05) is 20.0 Å². The van der Waals surface area contributed by atoms with Gasteiger partial charge in [-0.1, -0.05) is 0 Å². The fourth-order valence-electron chi connectivity index (χ4n) is 1.40. The highest BCUT2D eigenvalue weighted by Gasteiger charge is 2.12. The number of rotatable bonds is 3. The van der Waals surface area contributed by atoms with Crippen LogP contribution in [0, 0.1) is 6.92 Å². The summed E-state index contributed by atoms with van der Waals surface area (Å²) in [6, 6.07) is 3.65. The van der Waals surface area contributed by atoms with Crippen molar-refractivity contribution in [1.29, 1.82) is 0 Å². The highest BCUT2D eigenvalue weighted by Crippen LogP contribution is 2.27. The lowest BCUT2D eigenvalue weighted by Crippen LogP contribution is -2.08. The van der Waals surface area contributed by atoms with Crippen LogP contribution in [0.1, 0.15) is 11.1 Å². The summed E-state index contributed by atoms with van der Waals surface area (Å²) in [5, 5.41) is 0. The first kappa shape index (κ1) is 11.4. The Hall–Kier alpha value is -1.71. The zero-order valence-corrected chi connectivity index (χ0v) is 9.16. The molecule has 0 saturated heterocycles. The van der Waals surface area contributed by atoms with Crippen LogP contribution in [-0.2, 0) is 16.0 Å². The number of nitrogen functional groups attached to an aromatic ring is 1. The fraction of sp³-hybridized carbons (Fsp3) is 0.364. The molecule has 0 unspecified atom stereocenters. The molecular weight excluding hydrogens is 194 g/mol. The Morgan fingerprint density at radius 1 is 1.40 bits per heavy atom. The van der Waals surface area contributed by atoms with Gasteiger partial charge in [0.05, 0.1) is 20.6 Å². The van der Waals surface area contributed by atoms with E-state index in [4.69, 9.17) is 10.5 Å². The number of carbonyl (C=O) groups excluding carboxylic acids is 1. The molecular formula is C11H15NO3. The summed E-state index contributed by atoms with van der Waals surface area (Å²) < 4.78 is 9.75. The van der Waals surface area contributed by atoms with Crippen LogP contribution in [0.5, 0.6) is 5.75 Å². The second-order valence-corrected chi connectivity index (χ2v) is 3.29. The maximum Gasteiger partial charge on any atom is 0.310 e. The number of carbonyl (C=O) groups is 1. The van der Waals surface area contributed by atoms with Crippen LogP contribution >= 0.6 is 0 Å². The van der Waals surface area contributed by atoms with Gasteiger partial charge in [-0.25, -0.2) is 0 Å². The maximum absolute atomic E-state index is 11.2. The Morgan fingerprint density at radius 2 is 2.07 bits per heavy atom. The summed E-state index contributed by atoms with van der Waals surface area (Å²) in [6.45, 7) is 1.92. The van der Waals surface area contributed by atoms with Crippen LogP contribution in [-0.4, -0.2) is 20.2 Å². The van der Waals surface area contributed by atoms with Crippen molar-refractivity contribution in [2.24, 2.45) is 0 Å². The molecule has 0 heterocycles. The molecule has 4 heteroatoms. The fourth-order valence-corrected chi connectivity index (χ4v) is 1.40. The predicted molar refractivity (Wildman–Crippen MR) is 57.9 cm³/mol. The lowest BCUT2D eigenvalue weighted by Gasteiger charge is -2.11. The summed E-state index contributed by atoms with van der Waals surface area (Å²) in [7, 11) is 2.90. The number of benzene rings is 1. The first-order valence-corrected chi connectivity index (χ1v) is 4.58. The van der Waals surface area contributed by atoms with E-state index in [-0.39, 0.29) is 12.4 Å². The molecule has 0 aliphatic rings. The van der Waals surface area contributed by atoms with Crippen molar-refractivity contribution in [1.82, 2.24) is 0 Å². The zero-order chi connectivity index (χ0) is 11.4. The second-order valence-electron chi connectivity index (χ2n) is 3.29. The Morgan fingerprint density at radius 3 is 2.60 bits per heavy atom. The van der Waals surface area contributed by atoms with Crippen molar-refractivity contribution in [3.63, 3.8) is 0 Å². The second kappa shape index (κ2) is 4.68. The van der Waals surface area contributed by atoms with Gasteiger partial charge >= 0.3 is 5.97 Å². The van der Waals surface area contributed by atoms with Crippen LogP contribution in [0.3, 0.4) is 0 Å². The first-order chi connectivity index (χ1) is 7.08. The van der Waals surface area contributed by atoms with Gasteiger partial charge in [0.15, 0.2) is 0 Å². The van der Waals surface area contributed by atoms with E-state index in [0.717, 1.165) is 5.56 Å². The smallest absolute Gasteiger partial charge is 0.310 e. The molecule has 0 atom stereocenters. The van der Waals surface area contributed by atoms with E-state index < -0.39 is 0 Å². The van der Waals surface area contributed by atoms with Gasteiger partial charge in [-0.2, -0.15) is 0 Å². The maximum atomic E-state index is 11.2. The molecule has 0 amide bonds. The highest BCUT2D eigenvalue weighted by atomic mass is 16.5. The minimum Gasteiger partial charge on any atom is -0.496 e.